The molecular weight excluding hydrogens is 357 g/mol. The van der Waals surface area contributed by atoms with Gasteiger partial charge in [0.15, 0.2) is 0 Å². The van der Waals surface area contributed by atoms with Crippen LogP contribution in [-0.2, 0) is 13.9 Å². The first kappa shape index (κ1) is 19.9. The quantitative estimate of drug-likeness (QED) is 0.446. The smallest absolute Gasteiger partial charge is 0.280 e. The van der Waals surface area contributed by atoms with Crippen molar-refractivity contribution in [3.05, 3.63) is 12.7 Å². The maximum absolute atomic E-state index is 14.3. The monoisotopic (exact) mass is 393 g/mol. The summed E-state index contributed by atoms with van der Waals surface area (Å²) in [6.45, 7) is 10.5. The molecule has 5 rings (SSSR count). The van der Waals surface area contributed by atoms with Crippen LogP contribution in [0.2, 0.25) is 0 Å². The zero-order chi connectivity index (χ0) is 19.4. The first-order valence-electron chi connectivity index (χ1n) is 10.9. The molecule has 0 aromatic rings. The Morgan fingerprint density at radius 1 is 1.22 bits per heavy atom. The summed E-state index contributed by atoms with van der Waals surface area (Å²) in [6, 6.07) is 0. The Morgan fingerprint density at radius 3 is 2.30 bits per heavy atom. The fourth-order valence-corrected chi connectivity index (χ4v) is 10.0. The lowest BCUT2D eigenvalue weighted by atomic mass is 9.53. The first-order valence-corrected chi connectivity index (χ1v) is 12.6. The summed E-state index contributed by atoms with van der Waals surface area (Å²) in [7, 11) is -3.18. The minimum atomic E-state index is -3.18. The Hall–Kier alpha value is -0.440. The normalized spacial score (nSPS) is 44.2. The molecule has 2 atom stereocenters. The van der Waals surface area contributed by atoms with Gasteiger partial charge < -0.3 is 4.52 Å². The van der Waals surface area contributed by atoms with Gasteiger partial charge in [-0.2, -0.15) is 0 Å². The molecule has 27 heavy (non-hydrogen) atoms. The summed E-state index contributed by atoms with van der Waals surface area (Å²) in [5.41, 5.74) is -0.404. The van der Waals surface area contributed by atoms with E-state index in [1.165, 1.54) is 19.3 Å². The molecule has 152 valence electrons. The van der Waals surface area contributed by atoms with Crippen LogP contribution in [0.15, 0.2) is 12.7 Å². The summed E-state index contributed by atoms with van der Waals surface area (Å²) >= 11 is 0. The van der Waals surface area contributed by atoms with Gasteiger partial charge in [-0.3, -0.25) is 9.36 Å². The highest BCUT2D eigenvalue weighted by Gasteiger charge is 2.59. The van der Waals surface area contributed by atoms with E-state index in [1.807, 2.05) is 20.8 Å². The van der Waals surface area contributed by atoms with Gasteiger partial charge >= 0.3 is 0 Å². The minimum absolute atomic E-state index is 0.0166. The number of hydrogen-bond acceptors (Lipinski definition) is 3. The molecule has 5 aliphatic rings. The molecule has 4 nitrogen and oxygen atoms in total. The first-order chi connectivity index (χ1) is 12.6. The van der Waals surface area contributed by atoms with E-state index >= 15 is 0 Å². The van der Waals surface area contributed by atoms with E-state index < -0.39 is 13.1 Å². The van der Waals surface area contributed by atoms with Crippen molar-refractivity contribution in [2.45, 2.75) is 83.3 Å². The van der Waals surface area contributed by atoms with Crippen molar-refractivity contribution in [2.75, 3.05) is 12.7 Å². The minimum Gasteiger partial charge on any atom is -0.311 e. The van der Waals surface area contributed by atoms with Gasteiger partial charge in [0.05, 0.1) is 11.8 Å². The maximum atomic E-state index is 14.3. The number of carbonyl (C=O) groups is 1. The lowest BCUT2D eigenvalue weighted by Gasteiger charge is -2.62. The molecule has 4 bridgehead atoms. The molecule has 1 heterocycles. The van der Waals surface area contributed by atoms with Crippen molar-refractivity contribution in [3.8, 4) is 0 Å². The molecule has 4 aliphatic carbocycles. The lowest BCUT2D eigenvalue weighted by molar-refractivity contribution is -0.120. The SMILES string of the molecule is C=CCC(C)C(=O)CP1(=O)OC(C)(C)CCN1C12CC3CC(CC(C3)C1)C2. The number of nitrogens with zero attached hydrogens (tertiary/aromatic N) is 1. The van der Waals surface area contributed by atoms with E-state index in [2.05, 4.69) is 11.2 Å². The third-order valence-electron chi connectivity index (χ3n) is 7.66. The van der Waals surface area contributed by atoms with Crippen LogP contribution in [0.1, 0.15) is 72.1 Å². The van der Waals surface area contributed by atoms with Crippen LogP contribution in [0.25, 0.3) is 0 Å². The average Bonchev–Trinajstić information content (AvgIpc) is 2.51. The molecule has 0 radical (unpaired) electrons. The second-order valence-corrected chi connectivity index (χ2v) is 12.8. The number of allylic oxidation sites excluding steroid dienone is 1. The Morgan fingerprint density at radius 2 is 1.78 bits per heavy atom. The van der Waals surface area contributed by atoms with E-state index in [9.17, 15) is 9.36 Å². The predicted octanol–water partition coefficient (Wildman–Crippen LogP) is 5.43. The molecule has 0 N–H and O–H groups in total. The van der Waals surface area contributed by atoms with Gasteiger partial charge in [-0.25, -0.2) is 4.67 Å². The maximum Gasteiger partial charge on any atom is 0.280 e. The molecule has 5 heteroatoms. The number of Topliss-reactive ketones (excluding diaryl/α,β-unsaturated/α-hetero) is 1. The zero-order valence-corrected chi connectivity index (χ0v) is 18.2. The predicted molar refractivity (Wildman–Crippen MR) is 109 cm³/mol. The van der Waals surface area contributed by atoms with Crippen molar-refractivity contribution in [1.29, 1.82) is 0 Å². The number of ketones is 1. The Kier molecular flexibility index (Phi) is 5.01. The summed E-state index contributed by atoms with van der Waals surface area (Å²) in [5.74, 6) is 2.28. The molecule has 4 saturated carbocycles. The van der Waals surface area contributed by atoms with E-state index in [0.29, 0.717) is 6.42 Å². The number of hydrogen-bond donors (Lipinski definition) is 0. The van der Waals surface area contributed by atoms with Crippen molar-refractivity contribution in [3.63, 3.8) is 0 Å². The molecule has 0 aromatic carbocycles. The lowest BCUT2D eigenvalue weighted by Crippen LogP contribution is -2.61. The Balaban J connectivity index is 1.63. The van der Waals surface area contributed by atoms with Crippen LogP contribution in [-0.4, -0.2) is 34.3 Å². The van der Waals surface area contributed by atoms with Crippen LogP contribution in [0.5, 0.6) is 0 Å². The highest BCUT2D eigenvalue weighted by molar-refractivity contribution is 7.57. The fraction of sp³-hybridized carbons (Fsp3) is 0.864. The van der Waals surface area contributed by atoms with Gasteiger partial charge in [-0.05, 0) is 83.0 Å². The van der Waals surface area contributed by atoms with Crippen molar-refractivity contribution >= 4 is 13.3 Å². The van der Waals surface area contributed by atoms with Crippen LogP contribution in [0.4, 0.5) is 0 Å². The summed E-state index contributed by atoms with van der Waals surface area (Å²) in [6.07, 6.45) is 10.9. The van der Waals surface area contributed by atoms with Crippen molar-refractivity contribution in [1.82, 2.24) is 4.67 Å². The van der Waals surface area contributed by atoms with Gasteiger partial charge in [0.25, 0.3) is 7.52 Å². The topological polar surface area (TPSA) is 46.6 Å². The Bertz CT molecular complexity index is 635. The highest BCUT2D eigenvalue weighted by atomic mass is 31.2. The molecule has 2 unspecified atom stereocenters. The molecule has 0 amide bonds. The average molecular weight is 394 g/mol. The fourth-order valence-electron chi connectivity index (χ4n) is 6.80. The summed E-state index contributed by atoms with van der Waals surface area (Å²) < 4.78 is 22.8. The molecule has 5 fully saturated rings. The zero-order valence-electron chi connectivity index (χ0n) is 17.3. The van der Waals surface area contributed by atoms with Crippen molar-refractivity contribution < 1.29 is 13.9 Å². The van der Waals surface area contributed by atoms with Gasteiger partial charge in [0.1, 0.15) is 5.78 Å². The van der Waals surface area contributed by atoms with Crippen LogP contribution >= 0.6 is 7.52 Å². The largest absolute Gasteiger partial charge is 0.311 e. The van der Waals surface area contributed by atoms with Gasteiger partial charge in [-0.1, -0.05) is 13.0 Å². The second kappa shape index (κ2) is 6.82. The number of rotatable bonds is 6. The molecular formula is C22H36NO3P. The third-order valence-corrected chi connectivity index (χ3v) is 10.5. The summed E-state index contributed by atoms with van der Waals surface area (Å²) in [4.78, 5) is 12.9. The molecule has 0 aromatic heterocycles. The molecule has 0 spiro atoms. The van der Waals surface area contributed by atoms with Crippen LogP contribution in [0.3, 0.4) is 0 Å². The van der Waals surface area contributed by atoms with Crippen LogP contribution in [0, 0.1) is 23.7 Å². The number of carbonyl (C=O) groups excluding carboxylic acids is 1. The van der Waals surface area contributed by atoms with Gasteiger partial charge in [0, 0.05) is 18.0 Å². The van der Waals surface area contributed by atoms with Crippen molar-refractivity contribution in [2.24, 2.45) is 23.7 Å². The van der Waals surface area contributed by atoms with E-state index in [1.54, 1.807) is 6.08 Å². The van der Waals surface area contributed by atoms with Gasteiger partial charge in [-0.15, -0.1) is 6.58 Å². The second-order valence-electron chi connectivity index (χ2n) is 10.6. The van der Waals surface area contributed by atoms with Crippen LogP contribution < -0.4 is 0 Å². The summed E-state index contributed by atoms with van der Waals surface area (Å²) in [5, 5.41) is 0. The molecule has 1 saturated heterocycles. The highest BCUT2D eigenvalue weighted by Crippen LogP contribution is 2.67. The standard InChI is InChI=1S/C22H36NO3P/c1-5-6-16(2)20(24)15-27(25)23(8-7-21(3,4)26-27)22-12-17-9-18(13-22)11-19(10-17)14-22/h5,16-19H,1,6-15H2,2-4H3. The van der Waals surface area contributed by atoms with E-state index in [-0.39, 0.29) is 23.4 Å². The van der Waals surface area contributed by atoms with E-state index in [0.717, 1.165) is 50.0 Å². The van der Waals surface area contributed by atoms with E-state index in [4.69, 9.17) is 4.52 Å². The molecule has 1 aliphatic heterocycles. The third kappa shape index (κ3) is 3.63. The van der Waals surface area contributed by atoms with Gasteiger partial charge in [0.2, 0.25) is 0 Å². The Labute approximate surface area is 164 Å².